The fraction of sp³-hybridized carbons (Fsp3) is 0.475. The maximum Gasteiger partial charge on any atom is 0.332 e. The number of ether oxygens (including phenoxy) is 12. The highest BCUT2D eigenvalue weighted by molar-refractivity contribution is 7.99. The third kappa shape index (κ3) is 10.6. The number of likely N-dealkylation sites (N-methyl/N-ethyl adjacent to an activating group) is 2. The maximum atomic E-state index is 16.0. The lowest BCUT2D eigenvalue weighted by atomic mass is 9.71. The summed E-state index contributed by atoms with van der Waals surface area (Å²) >= 11 is 1.48. The van der Waals surface area contributed by atoms with Crippen molar-refractivity contribution in [1.82, 2.24) is 30.2 Å². The van der Waals surface area contributed by atoms with Crippen LogP contribution >= 0.6 is 11.8 Å². The molecule has 0 aromatic heterocycles. The first-order chi connectivity index (χ1) is 53.3. The van der Waals surface area contributed by atoms with Crippen LogP contribution in [0, 0.1) is 50.4 Å². The molecule has 0 amide bonds. The van der Waals surface area contributed by atoms with E-state index in [-0.39, 0.29) is 90.6 Å². The molecule has 6 aromatic rings. The monoisotopic (exact) mass is 1560 g/mol. The van der Waals surface area contributed by atoms with Crippen molar-refractivity contribution in [1.29, 1.82) is 10.5 Å². The average molecular weight is 1560 g/mol. The number of hydrogen-bond donors (Lipinski definition) is 6. The van der Waals surface area contributed by atoms with Crippen LogP contribution in [0.25, 0.3) is 0 Å². The van der Waals surface area contributed by atoms with Gasteiger partial charge in [-0.1, -0.05) is 12.1 Å². The molecule has 6 N–H and O–H groups in total. The number of nitrogens with one attached hydrogen (secondary N) is 2. The molecule has 582 valence electrons. The highest BCUT2D eigenvalue weighted by Gasteiger charge is 2.66. The first kappa shape index (κ1) is 73.8. The first-order valence-corrected chi connectivity index (χ1v) is 39.2. The standard InChI is InChI=1S/C40H42N4O11S.C40H42N4O10S/c1-17-9-21-10-23-24(13-41)44-25-14-52-39(48)40(22-12-27(50-5)26(46)11-20(22)7-8-42-40)15-56(49)38(32(44)31(43(23)4)28(21)33(47)34(17)51-6)30-29(25)37-36(53-16-54-37)18(2)35(30)55-19(3)45;1-17-9-21-10-23-24(13-41)44-25-14-51-39(48)40(22-12-27(49-5)26(46)11-20(22)7-8-42-40)15-55-38(32(44)31(43(23)4)28(21)33(47)34(17)50-6)30-29(25)37-36(52-16-53-37)18(2)35(30)54-19(3)45/h9,11-12,23-25,31-32,38,42,46-47H,7-8,10,14-16H2,1-6H3;9,11-12,23-25,31-32,38,42,46-47H,7-8,10,14-16H2,1-6H3/t23-,24-,25-,31?,32?,38+,40+,56?;23-,24-,25-,31?,32?,38+,40+/m00/s1. The molecule has 0 aliphatic carbocycles. The summed E-state index contributed by atoms with van der Waals surface area (Å²) in [5.74, 6) is 0.504. The molecule has 4 fully saturated rings. The lowest BCUT2D eigenvalue weighted by molar-refractivity contribution is -0.158. The van der Waals surface area contributed by atoms with Gasteiger partial charge in [-0.25, -0.2) is 9.59 Å². The van der Waals surface area contributed by atoms with Gasteiger partial charge in [0, 0.05) is 106 Å². The van der Waals surface area contributed by atoms with Gasteiger partial charge in [0.25, 0.3) is 0 Å². The highest BCUT2D eigenvalue weighted by atomic mass is 32.2. The van der Waals surface area contributed by atoms with Gasteiger partial charge in [0.15, 0.2) is 80.1 Å². The van der Waals surface area contributed by atoms with E-state index in [4.69, 9.17) is 56.8 Å². The normalized spacial score (nSPS) is 29.4. The van der Waals surface area contributed by atoms with Crippen molar-refractivity contribution in [3.05, 3.63) is 125 Å². The predicted molar refractivity (Wildman–Crippen MR) is 396 cm³/mol. The summed E-state index contributed by atoms with van der Waals surface area (Å²) in [6, 6.07) is 9.37. The molecule has 20 rings (SSSR count). The molecular formula is C80H84N8O21S2. The molecule has 0 radical (unpaired) electrons. The summed E-state index contributed by atoms with van der Waals surface area (Å²) in [5, 5.41) is 73.1. The molecule has 15 atom stereocenters. The first-order valence-electron chi connectivity index (χ1n) is 36.8. The maximum absolute atomic E-state index is 16.0. The minimum atomic E-state index is -2.06. The van der Waals surface area contributed by atoms with Crippen molar-refractivity contribution in [2.45, 2.75) is 149 Å². The molecule has 6 aromatic carbocycles. The van der Waals surface area contributed by atoms with Crippen LogP contribution in [0.15, 0.2) is 36.4 Å². The summed E-state index contributed by atoms with van der Waals surface area (Å²) in [7, 11) is 7.74. The Morgan fingerprint density at radius 1 is 0.568 bits per heavy atom. The van der Waals surface area contributed by atoms with Crippen LogP contribution in [0.2, 0.25) is 0 Å². The third-order valence-electron chi connectivity index (χ3n) is 25.0. The largest absolute Gasteiger partial charge is 0.504 e. The molecule has 14 aliphatic rings. The molecule has 4 saturated heterocycles. The molecular weight excluding hydrogens is 1470 g/mol. The lowest BCUT2D eigenvalue weighted by Crippen LogP contribution is -2.70. The van der Waals surface area contributed by atoms with Crippen molar-refractivity contribution >= 4 is 46.4 Å². The van der Waals surface area contributed by atoms with E-state index in [1.807, 2.05) is 51.9 Å². The summed E-state index contributed by atoms with van der Waals surface area (Å²) in [6.45, 7) is 10.1. The van der Waals surface area contributed by atoms with E-state index in [0.717, 1.165) is 27.8 Å². The summed E-state index contributed by atoms with van der Waals surface area (Å²) in [5.41, 5.74) is 7.40. The van der Waals surface area contributed by atoms with Crippen molar-refractivity contribution in [2.24, 2.45) is 0 Å². The Bertz CT molecular complexity index is 5160. The van der Waals surface area contributed by atoms with Crippen LogP contribution in [0.5, 0.6) is 80.5 Å². The SMILES string of the molecule is COc1cc2c(cc1O)CCN[C@]21CS(=O)[C@@H]2c3c(OC(C)=O)c(C)c4c(c3[C@H](COC1=O)N1C2C2c3c(cc(C)c(OC)c3O)C[C@@H]([C@@H]1C#N)N2C)OCO4.COc1cc2c(cc1O)CCN[C@]21CS[C@@H]2c3c(OC(C)=O)c(C)c4c(c3[C@H](COC1=O)N1C2C2c3c(cc(C)c(OC)c3O)C[C@@H]([C@@H]1C#N)N2C)OCO4. The number of phenolic OH excluding ortho intramolecular Hbond substituents is 4. The zero-order valence-corrected chi connectivity index (χ0v) is 64.7. The van der Waals surface area contributed by atoms with E-state index in [9.17, 15) is 50.1 Å². The van der Waals surface area contributed by atoms with Crippen LogP contribution in [-0.4, -0.2) is 198 Å². The molecule has 5 unspecified atom stereocenters. The van der Waals surface area contributed by atoms with E-state index in [2.05, 4.69) is 37.5 Å². The van der Waals surface area contributed by atoms with Crippen molar-refractivity contribution in [2.75, 3.05) is 93.9 Å². The molecule has 111 heavy (non-hydrogen) atoms. The number of carbonyl (C=O) groups is 4. The number of phenols is 4. The van der Waals surface area contributed by atoms with E-state index in [0.29, 0.717) is 140 Å². The number of esters is 4. The third-order valence-corrected chi connectivity index (χ3v) is 28.3. The van der Waals surface area contributed by atoms with Gasteiger partial charge in [-0.3, -0.25) is 44.0 Å². The van der Waals surface area contributed by atoms with Gasteiger partial charge in [0.05, 0.1) is 87.0 Å². The Labute approximate surface area is 645 Å². The van der Waals surface area contributed by atoms with Gasteiger partial charge in [0.2, 0.25) is 13.6 Å². The Morgan fingerprint density at radius 3 is 1.49 bits per heavy atom. The lowest BCUT2D eigenvalue weighted by Gasteiger charge is -2.62. The molecule has 14 heterocycles. The number of fused-ring (bicyclic) bond motifs is 18. The second kappa shape index (κ2) is 27.2. The Balaban J connectivity index is 0.000000161. The number of rotatable bonds is 6. The molecule has 29 nitrogen and oxygen atoms in total. The molecule has 2 spiro atoms. The smallest absolute Gasteiger partial charge is 0.332 e. The average Bonchev–Trinajstić information content (AvgIpc) is 1.46. The van der Waals surface area contributed by atoms with E-state index in [1.54, 1.807) is 31.2 Å². The zero-order chi connectivity index (χ0) is 78.2. The van der Waals surface area contributed by atoms with Gasteiger partial charge in [0.1, 0.15) is 36.8 Å². The number of piperazine rings is 2. The Kier molecular flexibility index (Phi) is 18.1. The van der Waals surface area contributed by atoms with Gasteiger partial charge in [-0.15, -0.1) is 11.8 Å². The topological polar surface area (TPSA) is 362 Å². The second-order valence-corrected chi connectivity index (χ2v) is 33.1. The quantitative estimate of drug-likeness (QED) is 0.0722. The second-order valence-electron chi connectivity index (χ2n) is 30.4. The van der Waals surface area contributed by atoms with Crippen LogP contribution in [0.1, 0.15) is 138 Å². The molecule has 8 bridgehead atoms. The van der Waals surface area contributed by atoms with Crippen LogP contribution in [0.3, 0.4) is 0 Å². The predicted octanol–water partition coefficient (Wildman–Crippen LogP) is 6.99. The number of aromatic hydroxyl groups is 4. The molecule has 14 aliphatic heterocycles. The summed E-state index contributed by atoms with van der Waals surface area (Å²) in [6.07, 6.45) is 1.93. The number of carbonyl (C=O) groups excluding carboxylic acids is 4. The number of benzene rings is 6. The number of nitrogens with zero attached hydrogens (tertiary/aromatic N) is 6. The van der Waals surface area contributed by atoms with Crippen molar-refractivity contribution in [3.63, 3.8) is 0 Å². The highest BCUT2D eigenvalue weighted by Crippen LogP contribution is 2.67. The van der Waals surface area contributed by atoms with Gasteiger partial charge < -0.3 is 77.3 Å². The Morgan fingerprint density at radius 2 is 1.01 bits per heavy atom. The number of nitriles is 2. The summed E-state index contributed by atoms with van der Waals surface area (Å²) < 4.78 is 87.8. The van der Waals surface area contributed by atoms with Crippen LogP contribution in [0.4, 0.5) is 0 Å². The summed E-state index contributed by atoms with van der Waals surface area (Å²) in [4.78, 5) is 63.8. The molecule has 0 saturated carbocycles. The van der Waals surface area contributed by atoms with Crippen molar-refractivity contribution in [3.8, 4) is 92.6 Å². The minimum Gasteiger partial charge on any atom is -0.504 e. The minimum absolute atomic E-state index is 0.0239. The van der Waals surface area contributed by atoms with E-state index in [1.165, 1.54) is 54.0 Å². The van der Waals surface area contributed by atoms with Crippen LogP contribution < -0.4 is 58.0 Å². The Hall–Kier alpha value is -9.96. The fourth-order valence-electron chi connectivity index (χ4n) is 20.6. The van der Waals surface area contributed by atoms with Crippen molar-refractivity contribution < 1.29 is 101 Å². The number of methoxy groups -OCH3 is 4. The fourth-order valence-corrected chi connectivity index (χ4v) is 24.3. The molecule has 31 heteroatoms. The van der Waals surface area contributed by atoms with E-state index >= 15 is 4.21 Å². The number of thioether (sulfide) groups is 1. The van der Waals surface area contributed by atoms with Gasteiger partial charge >= 0.3 is 23.9 Å². The number of hydrogen-bond acceptors (Lipinski definition) is 30. The zero-order valence-electron chi connectivity index (χ0n) is 63.1. The van der Waals surface area contributed by atoms with Crippen LogP contribution in [-0.2, 0) is 76.2 Å². The number of aryl methyl sites for hydroxylation is 2. The van der Waals surface area contributed by atoms with E-state index < -0.39 is 105 Å². The van der Waals surface area contributed by atoms with Gasteiger partial charge in [-0.2, -0.15) is 10.5 Å². The van der Waals surface area contributed by atoms with Gasteiger partial charge in [-0.05, 0) is 136 Å².